The minimum absolute atomic E-state index is 0.481. The highest BCUT2D eigenvalue weighted by molar-refractivity contribution is 7.78. The second-order valence-corrected chi connectivity index (χ2v) is 1.32. The van der Waals surface area contributed by atoms with Gasteiger partial charge >= 0.3 is 0 Å². The fourth-order valence-corrected chi connectivity index (χ4v) is 0.421. The molecule has 8 heavy (non-hydrogen) atoms. The number of isothiocyanates is 2. The fourth-order valence-electron chi connectivity index (χ4n) is 0.157. The van der Waals surface area contributed by atoms with Gasteiger partial charge in [0.25, 0.3) is 0 Å². The van der Waals surface area contributed by atoms with Crippen LogP contribution in [0.4, 0.5) is 0 Å². The summed E-state index contributed by atoms with van der Waals surface area (Å²) in [5.74, 6) is 0. The standard InChI is InChI=1S/C4H3N2S2/c1-4(5-2-7)6-3-8/h1H3. The van der Waals surface area contributed by atoms with Gasteiger partial charge in [0.1, 0.15) is 0 Å². The zero-order valence-electron chi connectivity index (χ0n) is 4.21. The van der Waals surface area contributed by atoms with E-state index >= 15 is 0 Å². The van der Waals surface area contributed by atoms with E-state index in [4.69, 9.17) is 0 Å². The zero-order chi connectivity index (χ0) is 6.41. The summed E-state index contributed by atoms with van der Waals surface area (Å²) >= 11 is 8.57. The van der Waals surface area contributed by atoms with Gasteiger partial charge in [0.2, 0.25) is 6.17 Å². The van der Waals surface area contributed by atoms with Crippen LogP contribution in [0.2, 0.25) is 0 Å². The molecule has 2 nitrogen and oxygen atoms in total. The Labute approximate surface area is 58.3 Å². The van der Waals surface area contributed by atoms with E-state index in [0.717, 1.165) is 0 Å². The van der Waals surface area contributed by atoms with Crippen molar-refractivity contribution in [3.63, 3.8) is 0 Å². The van der Waals surface area contributed by atoms with Crippen LogP contribution in [0.5, 0.6) is 0 Å². The van der Waals surface area contributed by atoms with Gasteiger partial charge in [0, 0.05) is 0 Å². The molecule has 0 aromatic carbocycles. The molecule has 0 aromatic heterocycles. The van der Waals surface area contributed by atoms with E-state index < -0.39 is 0 Å². The molecule has 0 amide bonds. The van der Waals surface area contributed by atoms with Crippen molar-refractivity contribution in [1.29, 1.82) is 0 Å². The lowest BCUT2D eigenvalue weighted by Gasteiger charge is -1.84. The zero-order valence-corrected chi connectivity index (χ0v) is 5.84. The fraction of sp³-hybridized carbons (Fsp3) is 0.250. The van der Waals surface area contributed by atoms with Crippen molar-refractivity contribution >= 4 is 34.8 Å². The topological polar surface area (TPSA) is 24.7 Å². The maximum atomic E-state index is 4.28. The Balaban J connectivity index is 3.82. The second-order valence-electron chi connectivity index (χ2n) is 0.953. The van der Waals surface area contributed by atoms with Gasteiger partial charge in [-0.05, 0) is 31.4 Å². The highest BCUT2D eigenvalue weighted by atomic mass is 32.1. The van der Waals surface area contributed by atoms with E-state index in [-0.39, 0.29) is 0 Å². The van der Waals surface area contributed by atoms with Crippen LogP contribution >= 0.6 is 24.4 Å². The van der Waals surface area contributed by atoms with Crippen molar-refractivity contribution in [2.45, 2.75) is 6.92 Å². The third kappa shape index (κ3) is 3.78. The summed E-state index contributed by atoms with van der Waals surface area (Å²) < 4.78 is 0. The monoisotopic (exact) mass is 143 g/mol. The number of hydrogen-bond acceptors (Lipinski definition) is 4. The Morgan fingerprint density at radius 3 is 1.88 bits per heavy atom. The highest BCUT2D eigenvalue weighted by Gasteiger charge is 1.88. The van der Waals surface area contributed by atoms with Crippen molar-refractivity contribution in [3.05, 3.63) is 6.17 Å². The first kappa shape index (κ1) is 7.60. The first-order chi connectivity index (χ1) is 3.81. The van der Waals surface area contributed by atoms with Crippen LogP contribution in [0, 0.1) is 6.17 Å². The molecule has 0 heterocycles. The summed E-state index contributed by atoms with van der Waals surface area (Å²) in [4.78, 5) is 7.00. The van der Waals surface area contributed by atoms with E-state index in [9.17, 15) is 0 Å². The molecular formula is C4H3N2S2. The molecule has 0 saturated carbocycles. The molecule has 0 aromatic rings. The Kier molecular flexibility index (Phi) is 4.51. The molecule has 0 saturated heterocycles. The molecule has 0 atom stereocenters. The summed E-state index contributed by atoms with van der Waals surface area (Å²) in [5, 5.41) is 4.29. The molecule has 0 rings (SSSR count). The lowest BCUT2D eigenvalue weighted by atomic mass is 10.6. The van der Waals surface area contributed by atoms with E-state index in [1.54, 1.807) is 6.92 Å². The van der Waals surface area contributed by atoms with Gasteiger partial charge in [-0.1, -0.05) is 0 Å². The lowest BCUT2D eigenvalue weighted by Crippen LogP contribution is -1.75. The van der Waals surface area contributed by atoms with E-state index in [2.05, 4.69) is 44.7 Å². The van der Waals surface area contributed by atoms with Crippen LogP contribution in [-0.4, -0.2) is 10.3 Å². The Bertz CT molecular complexity index is 135. The average molecular weight is 143 g/mol. The van der Waals surface area contributed by atoms with Crippen LogP contribution < -0.4 is 0 Å². The summed E-state index contributed by atoms with van der Waals surface area (Å²) in [7, 11) is 0. The van der Waals surface area contributed by atoms with Crippen molar-refractivity contribution in [1.82, 2.24) is 0 Å². The molecule has 0 aliphatic carbocycles. The van der Waals surface area contributed by atoms with E-state index in [1.807, 2.05) is 0 Å². The average Bonchev–Trinajstić information content (AvgIpc) is 1.68. The lowest BCUT2D eigenvalue weighted by molar-refractivity contribution is 1.02. The molecule has 1 radical (unpaired) electrons. The molecule has 0 N–H and O–H groups in total. The molecule has 0 spiro atoms. The Hall–Kier alpha value is -0.400. The van der Waals surface area contributed by atoms with E-state index in [1.165, 1.54) is 0 Å². The van der Waals surface area contributed by atoms with Crippen molar-refractivity contribution in [2.24, 2.45) is 9.98 Å². The van der Waals surface area contributed by atoms with Crippen LogP contribution in [0.1, 0.15) is 6.92 Å². The van der Waals surface area contributed by atoms with Gasteiger partial charge in [0.15, 0.2) is 0 Å². The van der Waals surface area contributed by atoms with Crippen LogP contribution in [0.25, 0.3) is 0 Å². The summed E-state index contributed by atoms with van der Waals surface area (Å²) in [5.41, 5.74) is 0. The Morgan fingerprint density at radius 1 is 1.25 bits per heavy atom. The number of hydrogen-bond donors (Lipinski definition) is 0. The SMILES string of the molecule is C[C](N=C=S)N=C=S. The van der Waals surface area contributed by atoms with Crippen LogP contribution in [-0.2, 0) is 0 Å². The molecule has 4 heteroatoms. The minimum Gasteiger partial charge on any atom is -0.196 e. The smallest absolute Gasteiger partial charge is 0.196 e. The normalized spacial score (nSPS) is 7.25. The second kappa shape index (κ2) is 4.75. The molecule has 41 valence electrons. The quantitative estimate of drug-likeness (QED) is 0.434. The molecule has 0 fully saturated rings. The van der Waals surface area contributed by atoms with Gasteiger partial charge in [-0.3, -0.25) is 0 Å². The summed E-state index contributed by atoms with van der Waals surface area (Å²) in [6.07, 6.45) is 0.481. The number of thiocarbonyl (C=S) groups is 2. The minimum atomic E-state index is 0.481. The van der Waals surface area contributed by atoms with Gasteiger partial charge in [-0.15, -0.1) is 0 Å². The first-order valence-corrected chi connectivity index (χ1v) is 2.62. The van der Waals surface area contributed by atoms with Gasteiger partial charge < -0.3 is 0 Å². The van der Waals surface area contributed by atoms with Crippen LogP contribution in [0.15, 0.2) is 9.98 Å². The maximum Gasteiger partial charge on any atom is 0.213 e. The van der Waals surface area contributed by atoms with Gasteiger partial charge in [-0.25, -0.2) is 0 Å². The van der Waals surface area contributed by atoms with Crippen LogP contribution in [0.3, 0.4) is 0 Å². The van der Waals surface area contributed by atoms with Gasteiger partial charge in [-0.2, -0.15) is 9.98 Å². The molecular weight excluding hydrogens is 140 g/mol. The van der Waals surface area contributed by atoms with E-state index in [0.29, 0.717) is 6.17 Å². The summed E-state index contributed by atoms with van der Waals surface area (Å²) in [6, 6.07) is 0. The van der Waals surface area contributed by atoms with Crippen molar-refractivity contribution in [2.75, 3.05) is 0 Å². The molecule has 0 aliphatic heterocycles. The number of nitrogens with zero attached hydrogens (tertiary/aromatic N) is 2. The summed E-state index contributed by atoms with van der Waals surface area (Å²) in [6.45, 7) is 1.67. The third-order valence-electron chi connectivity index (χ3n) is 0.415. The Morgan fingerprint density at radius 2 is 1.62 bits per heavy atom. The predicted molar refractivity (Wildman–Crippen MR) is 39.0 cm³/mol. The van der Waals surface area contributed by atoms with Gasteiger partial charge in [0.05, 0.1) is 10.3 Å². The molecule has 0 unspecified atom stereocenters. The maximum absolute atomic E-state index is 4.28. The number of rotatable bonds is 2. The highest BCUT2D eigenvalue weighted by Crippen LogP contribution is 1.96. The first-order valence-electron chi connectivity index (χ1n) is 1.80. The number of aliphatic imine (C=N–C) groups is 2. The molecule has 0 aliphatic rings. The molecule has 0 bridgehead atoms. The van der Waals surface area contributed by atoms with Crippen molar-refractivity contribution in [3.8, 4) is 0 Å². The largest absolute Gasteiger partial charge is 0.213 e. The predicted octanol–water partition coefficient (Wildman–Crippen LogP) is 1.70. The third-order valence-corrected chi connectivity index (χ3v) is 0.597. The van der Waals surface area contributed by atoms with Crippen molar-refractivity contribution < 1.29 is 0 Å².